The second-order valence-electron chi connectivity index (χ2n) is 8.04. The van der Waals surface area contributed by atoms with Crippen molar-refractivity contribution in [1.29, 1.82) is 0 Å². The van der Waals surface area contributed by atoms with Crippen LogP contribution in [0.25, 0.3) is 22.3 Å². The van der Waals surface area contributed by atoms with E-state index in [4.69, 9.17) is 9.72 Å². The smallest absolute Gasteiger partial charge is 0.220 e. The van der Waals surface area contributed by atoms with Gasteiger partial charge in [-0.3, -0.25) is 9.78 Å². The highest BCUT2D eigenvalue weighted by atomic mass is 16.5. The van der Waals surface area contributed by atoms with E-state index in [9.17, 15) is 4.79 Å². The lowest BCUT2D eigenvalue weighted by Gasteiger charge is -2.23. The van der Waals surface area contributed by atoms with Crippen LogP contribution in [0.4, 0.5) is 11.5 Å². The number of fused-ring (bicyclic) bond motifs is 1. The largest absolute Gasteiger partial charge is 0.380 e. The van der Waals surface area contributed by atoms with Crippen molar-refractivity contribution in [3.63, 3.8) is 0 Å². The predicted molar refractivity (Wildman–Crippen MR) is 127 cm³/mol. The summed E-state index contributed by atoms with van der Waals surface area (Å²) in [4.78, 5) is 27.5. The highest BCUT2D eigenvalue weighted by molar-refractivity contribution is 5.88. The minimum absolute atomic E-state index is 0.129. The first-order chi connectivity index (χ1) is 15.6. The molecule has 1 atom stereocenters. The molecular formula is C24H30N6O2. The lowest BCUT2D eigenvalue weighted by Crippen LogP contribution is -2.37. The van der Waals surface area contributed by atoms with Gasteiger partial charge in [0.2, 0.25) is 5.91 Å². The van der Waals surface area contributed by atoms with E-state index < -0.39 is 0 Å². The molecule has 0 bridgehead atoms. The van der Waals surface area contributed by atoms with Gasteiger partial charge >= 0.3 is 0 Å². The molecule has 1 aliphatic rings. The number of hydrogen-bond acceptors (Lipinski definition) is 7. The van der Waals surface area contributed by atoms with Crippen molar-refractivity contribution in [2.45, 2.75) is 19.8 Å². The number of aromatic nitrogens is 3. The number of nitrogens with one attached hydrogen (secondary N) is 2. The van der Waals surface area contributed by atoms with Gasteiger partial charge in [-0.15, -0.1) is 0 Å². The van der Waals surface area contributed by atoms with Gasteiger partial charge in [0.05, 0.1) is 17.8 Å². The number of hydrogen-bond donors (Lipinski definition) is 2. The summed E-state index contributed by atoms with van der Waals surface area (Å²) < 4.78 is 5.45. The third-order valence-electron chi connectivity index (χ3n) is 5.76. The Morgan fingerprint density at radius 3 is 2.78 bits per heavy atom. The van der Waals surface area contributed by atoms with E-state index in [0.29, 0.717) is 25.5 Å². The fourth-order valence-corrected chi connectivity index (χ4v) is 3.80. The van der Waals surface area contributed by atoms with Crippen LogP contribution in [0, 0.1) is 5.92 Å². The monoisotopic (exact) mass is 434 g/mol. The Morgan fingerprint density at radius 2 is 2.03 bits per heavy atom. The SMILES string of the molecule is CCOCCN(C)c1ccc(-c2cc3nccnc3c(NCC3CCC(=O)NC3)n2)cc1. The highest BCUT2D eigenvalue weighted by Crippen LogP contribution is 2.27. The van der Waals surface area contributed by atoms with Crippen LogP contribution in [0.15, 0.2) is 42.7 Å². The van der Waals surface area contributed by atoms with Gasteiger partial charge in [0.1, 0.15) is 5.52 Å². The van der Waals surface area contributed by atoms with Gasteiger partial charge in [-0.1, -0.05) is 12.1 Å². The molecule has 8 heteroatoms. The molecule has 32 heavy (non-hydrogen) atoms. The van der Waals surface area contributed by atoms with Crippen molar-refractivity contribution in [3.05, 3.63) is 42.7 Å². The van der Waals surface area contributed by atoms with E-state index in [1.165, 1.54) is 0 Å². The van der Waals surface area contributed by atoms with Crippen LogP contribution in [0.5, 0.6) is 0 Å². The Balaban J connectivity index is 1.53. The molecule has 1 fully saturated rings. The Kier molecular flexibility index (Phi) is 7.11. The molecule has 1 aromatic carbocycles. The van der Waals surface area contributed by atoms with Crippen molar-refractivity contribution in [2.75, 3.05) is 50.1 Å². The van der Waals surface area contributed by atoms with Gasteiger partial charge in [0, 0.05) is 63.4 Å². The van der Waals surface area contributed by atoms with Crippen LogP contribution in [0.1, 0.15) is 19.8 Å². The molecule has 1 saturated heterocycles. The number of carbonyl (C=O) groups is 1. The second kappa shape index (κ2) is 10.4. The lowest BCUT2D eigenvalue weighted by atomic mass is 9.99. The summed E-state index contributed by atoms with van der Waals surface area (Å²) in [7, 11) is 2.06. The van der Waals surface area contributed by atoms with E-state index in [2.05, 4.69) is 56.8 Å². The molecule has 2 aromatic heterocycles. The molecule has 3 heterocycles. The topological polar surface area (TPSA) is 92.3 Å². The van der Waals surface area contributed by atoms with Crippen molar-refractivity contribution >= 4 is 28.4 Å². The molecule has 3 aromatic rings. The lowest BCUT2D eigenvalue weighted by molar-refractivity contribution is -0.122. The minimum atomic E-state index is 0.129. The number of nitrogens with zero attached hydrogens (tertiary/aromatic N) is 4. The van der Waals surface area contributed by atoms with Gasteiger partial charge < -0.3 is 20.3 Å². The van der Waals surface area contributed by atoms with E-state index in [1.807, 2.05) is 13.0 Å². The van der Waals surface area contributed by atoms with E-state index >= 15 is 0 Å². The average Bonchev–Trinajstić information content (AvgIpc) is 2.83. The van der Waals surface area contributed by atoms with Crippen LogP contribution >= 0.6 is 0 Å². The Morgan fingerprint density at radius 1 is 1.22 bits per heavy atom. The third-order valence-corrected chi connectivity index (χ3v) is 5.76. The van der Waals surface area contributed by atoms with Crippen LogP contribution in [-0.4, -0.2) is 60.8 Å². The van der Waals surface area contributed by atoms with Gasteiger partial charge in [-0.05, 0) is 37.5 Å². The van der Waals surface area contributed by atoms with Gasteiger partial charge in [0.25, 0.3) is 0 Å². The number of amides is 1. The molecule has 1 aliphatic heterocycles. The summed E-state index contributed by atoms with van der Waals surface area (Å²) >= 11 is 0. The van der Waals surface area contributed by atoms with Gasteiger partial charge in [-0.25, -0.2) is 9.97 Å². The highest BCUT2D eigenvalue weighted by Gasteiger charge is 2.19. The minimum Gasteiger partial charge on any atom is -0.380 e. The zero-order valence-corrected chi connectivity index (χ0v) is 18.7. The zero-order chi connectivity index (χ0) is 22.3. The molecule has 8 nitrogen and oxygen atoms in total. The molecule has 0 radical (unpaired) electrons. The van der Waals surface area contributed by atoms with Crippen LogP contribution in [-0.2, 0) is 9.53 Å². The number of likely N-dealkylation sites (N-methyl/N-ethyl adjacent to an activating group) is 1. The normalized spacial score (nSPS) is 16.1. The van der Waals surface area contributed by atoms with Crippen molar-refractivity contribution in [1.82, 2.24) is 20.3 Å². The van der Waals surface area contributed by atoms with E-state index in [0.717, 1.165) is 59.9 Å². The first-order valence-corrected chi connectivity index (χ1v) is 11.2. The number of piperidine rings is 1. The first-order valence-electron chi connectivity index (χ1n) is 11.2. The molecule has 1 unspecified atom stereocenters. The standard InChI is InChI=1S/C24H30N6O2/c1-3-32-13-12-30(2)19-7-5-18(6-8-19)20-14-21-23(26-11-10-25-21)24(29-20)28-16-17-4-9-22(31)27-15-17/h5-8,10-11,14,17H,3-4,9,12-13,15-16H2,1-2H3,(H,27,31)(H,28,29). The molecule has 1 amide bonds. The molecule has 2 N–H and O–H groups in total. The number of benzene rings is 1. The van der Waals surface area contributed by atoms with Crippen LogP contribution in [0.3, 0.4) is 0 Å². The van der Waals surface area contributed by atoms with Gasteiger partial charge in [-0.2, -0.15) is 0 Å². The van der Waals surface area contributed by atoms with E-state index in [-0.39, 0.29) is 5.91 Å². The Hall–Kier alpha value is -3.26. The molecule has 0 saturated carbocycles. The number of ether oxygens (including phenoxy) is 1. The average molecular weight is 435 g/mol. The Labute approximate surface area is 188 Å². The molecule has 4 rings (SSSR count). The second-order valence-corrected chi connectivity index (χ2v) is 8.04. The number of anilines is 2. The summed E-state index contributed by atoms with van der Waals surface area (Å²) in [5, 5.41) is 6.39. The number of rotatable bonds is 9. The molecular weight excluding hydrogens is 404 g/mol. The van der Waals surface area contributed by atoms with Crippen molar-refractivity contribution in [2.24, 2.45) is 5.92 Å². The van der Waals surface area contributed by atoms with Crippen molar-refractivity contribution in [3.8, 4) is 11.3 Å². The number of carbonyl (C=O) groups excluding carboxylic acids is 1. The summed E-state index contributed by atoms with van der Waals surface area (Å²) in [6.45, 7) is 5.70. The fourth-order valence-electron chi connectivity index (χ4n) is 3.80. The van der Waals surface area contributed by atoms with Crippen LogP contribution in [0.2, 0.25) is 0 Å². The summed E-state index contributed by atoms with van der Waals surface area (Å²) in [5.74, 6) is 1.22. The molecule has 0 aliphatic carbocycles. The maximum atomic E-state index is 11.4. The maximum Gasteiger partial charge on any atom is 0.220 e. The maximum absolute atomic E-state index is 11.4. The Bertz CT molecular complexity index is 1050. The van der Waals surface area contributed by atoms with Crippen LogP contribution < -0.4 is 15.5 Å². The number of pyridine rings is 1. The van der Waals surface area contributed by atoms with E-state index in [1.54, 1.807) is 12.4 Å². The summed E-state index contributed by atoms with van der Waals surface area (Å²) in [6, 6.07) is 10.3. The predicted octanol–water partition coefficient (Wildman–Crippen LogP) is 3.10. The summed E-state index contributed by atoms with van der Waals surface area (Å²) in [6.07, 6.45) is 4.83. The van der Waals surface area contributed by atoms with Gasteiger partial charge in [0.15, 0.2) is 5.82 Å². The van der Waals surface area contributed by atoms with Crippen molar-refractivity contribution < 1.29 is 9.53 Å². The third kappa shape index (κ3) is 5.31. The zero-order valence-electron chi connectivity index (χ0n) is 18.7. The quantitative estimate of drug-likeness (QED) is 0.500. The fraction of sp³-hybridized carbons (Fsp3) is 0.417. The molecule has 0 spiro atoms. The first kappa shape index (κ1) is 22.0. The molecule has 168 valence electrons. The summed E-state index contributed by atoms with van der Waals surface area (Å²) in [5.41, 5.74) is 4.55.